The van der Waals surface area contributed by atoms with Crippen LogP contribution in [0.3, 0.4) is 0 Å². The van der Waals surface area contributed by atoms with Crippen LogP contribution in [0.25, 0.3) is 0 Å². The summed E-state index contributed by atoms with van der Waals surface area (Å²) in [6.07, 6.45) is 6.13. The maximum absolute atomic E-state index is 13.3. The molecule has 0 bridgehead atoms. The average molecular weight is 411 g/mol. The second-order valence-corrected chi connectivity index (χ2v) is 8.81. The largest absolute Gasteiger partial charge is 0.493 e. The number of nitrogens with zero attached hydrogens (tertiary/aromatic N) is 4. The minimum atomic E-state index is -0.127. The number of carbonyl (C=O) groups excluding carboxylic acids is 1. The molecule has 0 spiro atoms. The molecule has 3 heterocycles. The Kier molecular flexibility index (Phi) is 5.46. The molecule has 2 aromatic rings. The SMILES string of the molecule is Cc1noc(C2CCN(Cc3ccc4c(c3)CCO4)CCN2C(=O)C2CCCC2)n1. The van der Waals surface area contributed by atoms with Crippen molar-refractivity contribution in [2.45, 2.75) is 58.0 Å². The third kappa shape index (κ3) is 3.95. The topological polar surface area (TPSA) is 71.7 Å². The molecule has 3 aliphatic rings. The predicted molar refractivity (Wildman–Crippen MR) is 111 cm³/mol. The van der Waals surface area contributed by atoms with Crippen LogP contribution in [-0.2, 0) is 17.8 Å². The van der Waals surface area contributed by atoms with Crippen molar-refractivity contribution in [1.29, 1.82) is 0 Å². The van der Waals surface area contributed by atoms with Crippen molar-refractivity contribution >= 4 is 5.91 Å². The summed E-state index contributed by atoms with van der Waals surface area (Å²) in [5.74, 6) is 2.65. The van der Waals surface area contributed by atoms with Crippen molar-refractivity contribution < 1.29 is 14.1 Å². The van der Waals surface area contributed by atoms with Gasteiger partial charge in [0.25, 0.3) is 0 Å². The number of hydrogen-bond acceptors (Lipinski definition) is 6. The number of fused-ring (bicyclic) bond motifs is 1. The number of benzene rings is 1. The highest BCUT2D eigenvalue weighted by atomic mass is 16.5. The van der Waals surface area contributed by atoms with E-state index in [1.807, 2.05) is 11.8 Å². The molecule has 1 aliphatic carbocycles. The maximum atomic E-state index is 13.3. The fourth-order valence-electron chi connectivity index (χ4n) is 5.11. The molecule has 30 heavy (non-hydrogen) atoms. The van der Waals surface area contributed by atoms with E-state index in [0.717, 1.165) is 70.5 Å². The summed E-state index contributed by atoms with van der Waals surface area (Å²) in [6, 6.07) is 6.40. The fourth-order valence-corrected chi connectivity index (χ4v) is 5.11. The summed E-state index contributed by atoms with van der Waals surface area (Å²) in [7, 11) is 0. The van der Waals surface area contributed by atoms with Crippen molar-refractivity contribution in [3.8, 4) is 5.75 Å². The molecule has 1 atom stereocenters. The summed E-state index contributed by atoms with van der Waals surface area (Å²) < 4.78 is 11.2. The molecule has 5 rings (SSSR count). The first-order valence-corrected chi connectivity index (χ1v) is 11.2. The summed E-state index contributed by atoms with van der Waals surface area (Å²) in [4.78, 5) is 22.3. The van der Waals surface area contributed by atoms with Gasteiger partial charge in [0.2, 0.25) is 11.8 Å². The van der Waals surface area contributed by atoms with Gasteiger partial charge in [-0.05, 0) is 43.4 Å². The molecule has 1 saturated heterocycles. The second-order valence-electron chi connectivity index (χ2n) is 8.81. The molecular formula is C23H30N4O3. The smallest absolute Gasteiger partial charge is 0.249 e. The predicted octanol–water partition coefficient (Wildman–Crippen LogP) is 3.28. The molecule has 1 amide bonds. The van der Waals surface area contributed by atoms with Gasteiger partial charge in [-0.2, -0.15) is 4.98 Å². The van der Waals surface area contributed by atoms with Crippen LogP contribution in [-0.4, -0.2) is 52.1 Å². The maximum Gasteiger partial charge on any atom is 0.249 e. The Morgan fingerprint density at radius 1 is 1.17 bits per heavy atom. The van der Waals surface area contributed by atoms with Gasteiger partial charge in [0, 0.05) is 38.5 Å². The van der Waals surface area contributed by atoms with Gasteiger partial charge in [-0.1, -0.05) is 30.1 Å². The standard InChI is InChI=1S/C23H30N4O3/c1-16-24-22(30-25-16)20-8-10-26(11-12-27(20)23(28)18-4-2-3-5-18)15-17-6-7-21-19(14-17)9-13-29-21/h6-7,14,18,20H,2-5,8-13,15H2,1H3. The van der Waals surface area contributed by atoms with Gasteiger partial charge in [0.05, 0.1) is 6.61 Å². The number of hydrogen-bond donors (Lipinski definition) is 0. The van der Waals surface area contributed by atoms with Crippen LogP contribution in [0.5, 0.6) is 5.75 Å². The van der Waals surface area contributed by atoms with Crippen molar-refractivity contribution in [2.75, 3.05) is 26.2 Å². The summed E-state index contributed by atoms with van der Waals surface area (Å²) >= 11 is 0. The zero-order valence-corrected chi connectivity index (χ0v) is 17.7. The zero-order chi connectivity index (χ0) is 20.5. The molecule has 1 aromatic carbocycles. The lowest BCUT2D eigenvalue weighted by Gasteiger charge is -2.29. The molecule has 0 N–H and O–H groups in total. The van der Waals surface area contributed by atoms with E-state index in [1.54, 1.807) is 0 Å². The number of carbonyl (C=O) groups is 1. The van der Waals surface area contributed by atoms with E-state index in [1.165, 1.54) is 11.1 Å². The van der Waals surface area contributed by atoms with Crippen molar-refractivity contribution in [2.24, 2.45) is 5.92 Å². The van der Waals surface area contributed by atoms with Gasteiger partial charge in [-0.25, -0.2) is 0 Å². The Morgan fingerprint density at radius 3 is 2.83 bits per heavy atom. The van der Waals surface area contributed by atoms with Gasteiger partial charge < -0.3 is 14.2 Å². The van der Waals surface area contributed by atoms with Crippen molar-refractivity contribution in [3.63, 3.8) is 0 Å². The summed E-state index contributed by atoms with van der Waals surface area (Å²) in [5.41, 5.74) is 2.61. The third-order valence-corrected chi connectivity index (χ3v) is 6.73. The lowest BCUT2D eigenvalue weighted by molar-refractivity contribution is -0.138. The van der Waals surface area contributed by atoms with Crippen LogP contribution in [0.4, 0.5) is 0 Å². The van der Waals surface area contributed by atoms with E-state index in [9.17, 15) is 4.79 Å². The lowest BCUT2D eigenvalue weighted by atomic mass is 10.0. The van der Waals surface area contributed by atoms with Crippen LogP contribution >= 0.6 is 0 Å². The van der Waals surface area contributed by atoms with Crippen molar-refractivity contribution in [1.82, 2.24) is 19.9 Å². The van der Waals surface area contributed by atoms with E-state index in [2.05, 4.69) is 33.2 Å². The first-order chi connectivity index (χ1) is 14.7. The molecule has 160 valence electrons. The molecule has 7 heteroatoms. The molecule has 1 aromatic heterocycles. The first kappa shape index (κ1) is 19.5. The second kappa shape index (κ2) is 8.38. The van der Waals surface area contributed by atoms with E-state index in [4.69, 9.17) is 9.26 Å². The molecule has 1 unspecified atom stereocenters. The van der Waals surface area contributed by atoms with Crippen LogP contribution in [0.2, 0.25) is 0 Å². The Bertz CT molecular complexity index is 906. The van der Waals surface area contributed by atoms with Gasteiger partial charge in [-0.3, -0.25) is 9.69 Å². The molecular weight excluding hydrogens is 380 g/mol. The third-order valence-electron chi connectivity index (χ3n) is 6.73. The molecule has 2 aliphatic heterocycles. The Morgan fingerprint density at radius 2 is 2.03 bits per heavy atom. The van der Waals surface area contributed by atoms with E-state index >= 15 is 0 Å². The number of amides is 1. The lowest BCUT2D eigenvalue weighted by Crippen LogP contribution is -2.40. The van der Waals surface area contributed by atoms with Crippen LogP contribution in [0.15, 0.2) is 22.7 Å². The highest BCUT2D eigenvalue weighted by Crippen LogP contribution is 2.33. The average Bonchev–Trinajstić information content (AvgIpc) is 3.49. The van der Waals surface area contributed by atoms with Crippen LogP contribution < -0.4 is 4.74 Å². The highest BCUT2D eigenvalue weighted by Gasteiger charge is 2.36. The minimum absolute atomic E-state index is 0.127. The first-order valence-electron chi connectivity index (χ1n) is 11.2. The van der Waals surface area contributed by atoms with Gasteiger partial charge >= 0.3 is 0 Å². The van der Waals surface area contributed by atoms with Gasteiger partial charge in [0.1, 0.15) is 11.8 Å². The zero-order valence-electron chi connectivity index (χ0n) is 17.7. The monoisotopic (exact) mass is 410 g/mol. The number of rotatable bonds is 4. The summed E-state index contributed by atoms with van der Waals surface area (Å²) in [5, 5.41) is 3.98. The van der Waals surface area contributed by atoms with Gasteiger partial charge in [-0.15, -0.1) is 0 Å². The summed E-state index contributed by atoms with van der Waals surface area (Å²) in [6.45, 7) is 5.95. The van der Waals surface area contributed by atoms with E-state index < -0.39 is 0 Å². The number of ether oxygens (including phenoxy) is 1. The van der Waals surface area contributed by atoms with E-state index in [-0.39, 0.29) is 17.9 Å². The van der Waals surface area contributed by atoms with E-state index in [0.29, 0.717) is 18.3 Å². The number of aryl methyl sites for hydroxylation is 1. The van der Waals surface area contributed by atoms with Crippen LogP contribution in [0, 0.1) is 12.8 Å². The molecule has 2 fully saturated rings. The molecule has 7 nitrogen and oxygen atoms in total. The minimum Gasteiger partial charge on any atom is -0.493 e. The highest BCUT2D eigenvalue weighted by molar-refractivity contribution is 5.79. The Balaban J connectivity index is 1.33. The van der Waals surface area contributed by atoms with Gasteiger partial charge in [0.15, 0.2) is 5.82 Å². The number of aromatic nitrogens is 2. The quantitative estimate of drug-likeness (QED) is 0.770. The van der Waals surface area contributed by atoms with Crippen LogP contribution in [0.1, 0.15) is 61.0 Å². The normalized spacial score (nSPS) is 22.7. The molecule has 1 saturated carbocycles. The Hall–Kier alpha value is -2.41. The van der Waals surface area contributed by atoms with Crippen molar-refractivity contribution in [3.05, 3.63) is 41.0 Å². The Labute approximate surface area is 177 Å². The fraction of sp³-hybridized carbons (Fsp3) is 0.609. The molecule has 0 radical (unpaired) electrons.